The second-order valence-electron chi connectivity index (χ2n) is 17.4. The standard InChI is InChI=1S/C53H100O5/c1-4-7-10-13-16-18-20-22-24-26-27-29-30-32-34-36-38-40-43-46-52(54)57-50-51(49-56-48-45-42-15-12-9-6-3)58-53(55)47-44-41-39-37-35-33-31-28-25-23-21-19-17-14-11-8-5-2/h16,18,22,24,51H,4-15,17,19-21,23,25-50H2,1-3H3/b18-16-,24-22-. The van der Waals surface area contributed by atoms with E-state index >= 15 is 0 Å². The molecule has 1 unspecified atom stereocenters. The summed E-state index contributed by atoms with van der Waals surface area (Å²) in [5, 5.41) is 0. The Hall–Kier alpha value is -1.62. The zero-order valence-electron chi connectivity index (χ0n) is 39.3. The lowest BCUT2D eigenvalue weighted by atomic mass is 10.0. The maximum absolute atomic E-state index is 12.7. The van der Waals surface area contributed by atoms with Gasteiger partial charge in [0.05, 0.1) is 6.61 Å². The summed E-state index contributed by atoms with van der Waals surface area (Å²) >= 11 is 0. The largest absolute Gasteiger partial charge is 0.462 e. The average Bonchev–Trinajstić information content (AvgIpc) is 3.22. The summed E-state index contributed by atoms with van der Waals surface area (Å²) in [6.07, 6.45) is 57.7. The average molecular weight is 817 g/mol. The minimum atomic E-state index is -0.527. The number of unbranched alkanes of at least 4 members (excludes halogenated alkanes) is 33. The van der Waals surface area contributed by atoms with Gasteiger partial charge in [-0.05, 0) is 51.4 Å². The van der Waals surface area contributed by atoms with E-state index in [0.29, 0.717) is 26.1 Å². The van der Waals surface area contributed by atoms with Crippen LogP contribution in [-0.4, -0.2) is 37.9 Å². The number of carbonyl (C=O) groups is 2. The highest BCUT2D eigenvalue weighted by Gasteiger charge is 2.17. The molecule has 0 fully saturated rings. The number of allylic oxidation sites excluding steroid dienone is 4. The lowest BCUT2D eigenvalue weighted by molar-refractivity contribution is -0.163. The van der Waals surface area contributed by atoms with Crippen molar-refractivity contribution in [1.29, 1.82) is 0 Å². The highest BCUT2D eigenvalue weighted by molar-refractivity contribution is 5.70. The molecule has 0 saturated carbocycles. The molecule has 0 heterocycles. The van der Waals surface area contributed by atoms with Crippen molar-refractivity contribution in [2.24, 2.45) is 0 Å². The summed E-state index contributed by atoms with van der Waals surface area (Å²) in [5.74, 6) is -0.388. The van der Waals surface area contributed by atoms with Crippen LogP contribution in [0.25, 0.3) is 0 Å². The van der Waals surface area contributed by atoms with Gasteiger partial charge >= 0.3 is 11.9 Å². The van der Waals surface area contributed by atoms with Crippen molar-refractivity contribution in [2.45, 2.75) is 284 Å². The van der Waals surface area contributed by atoms with Crippen LogP contribution in [0.1, 0.15) is 278 Å². The molecule has 0 aromatic rings. The molecule has 0 N–H and O–H groups in total. The monoisotopic (exact) mass is 817 g/mol. The Morgan fingerprint density at radius 2 is 0.724 bits per heavy atom. The third-order valence-corrected chi connectivity index (χ3v) is 11.5. The van der Waals surface area contributed by atoms with Gasteiger partial charge in [0.1, 0.15) is 6.61 Å². The van der Waals surface area contributed by atoms with E-state index in [1.807, 2.05) is 0 Å². The highest BCUT2D eigenvalue weighted by Crippen LogP contribution is 2.16. The smallest absolute Gasteiger partial charge is 0.306 e. The number of carbonyl (C=O) groups excluding carboxylic acids is 2. The Morgan fingerprint density at radius 3 is 1.17 bits per heavy atom. The topological polar surface area (TPSA) is 61.8 Å². The molecule has 0 aliphatic carbocycles. The molecule has 5 heteroatoms. The van der Waals surface area contributed by atoms with Gasteiger partial charge in [-0.1, -0.05) is 238 Å². The zero-order valence-corrected chi connectivity index (χ0v) is 39.3. The molecular weight excluding hydrogens is 717 g/mol. The predicted octanol–water partition coefficient (Wildman–Crippen LogP) is 17.2. The first-order valence-corrected chi connectivity index (χ1v) is 25.9. The maximum Gasteiger partial charge on any atom is 0.306 e. The summed E-state index contributed by atoms with van der Waals surface area (Å²) in [6, 6.07) is 0. The summed E-state index contributed by atoms with van der Waals surface area (Å²) in [4.78, 5) is 25.3. The van der Waals surface area contributed by atoms with Crippen molar-refractivity contribution < 1.29 is 23.8 Å². The molecule has 58 heavy (non-hydrogen) atoms. The fraction of sp³-hybridized carbons (Fsp3) is 0.887. The Bertz CT molecular complexity index is 882. The van der Waals surface area contributed by atoms with E-state index in [0.717, 1.165) is 44.9 Å². The van der Waals surface area contributed by atoms with Crippen LogP contribution in [-0.2, 0) is 23.8 Å². The van der Waals surface area contributed by atoms with Crippen molar-refractivity contribution in [1.82, 2.24) is 0 Å². The third-order valence-electron chi connectivity index (χ3n) is 11.5. The van der Waals surface area contributed by atoms with Crippen LogP contribution in [0.4, 0.5) is 0 Å². The number of esters is 2. The van der Waals surface area contributed by atoms with Crippen LogP contribution in [0.5, 0.6) is 0 Å². The van der Waals surface area contributed by atoms with Gasteiger partial charge in [-0.25, -0.2) is 0 Å². The second kappa shape index (κ2) is 49.7. The van der Waals surface area contributed by atoms with Gasteiger partial charge in [-0.15, -0.1) is 0 Å². The van der Waals surface area contributed by atoms with Crippen LogP contribution < -0.4 is 0 Å². The molecular formula is C53H100O5. The van der Waals surface area contributed by atoms with E-state index in [1.54, 1.807) is 0 Å². The van der Waals surface area contributed by atoms with Crippen LogP contribution >= 0.6 is 0 Å². The van der Waals surface area contributed by atoms with Gasteiger partial charge in [0.15, 0.2) is 6.10 Å². The van der Waals surface area contributed by atoms with E-state index in [-0.39, 0.29) is 18.5 Å². The Morgan fingerprint density at radius 1 is 0.379 bits per heavy atom. The Kier molecular flexibility index (Phi) is 48.4. The summed E-state index contributed by atoms with van der Waals surface area (Å²) in [7, 11) is 0. The summed E-state index contributed by atoms with van der Waals surface area (Å²) < 4.78 is 17.3. The molecule has 0 amide bonds. The van der Waals surface area contributed by atoms with Gasteiger partial charge in [-0.2, -0.15) is 0 Å². The molecule has 0 aliphatic heterocycles. The molecule has 342 valence electrons. The van der Waals surface area contributed by atoms with Gasteiger partial charge in [0, 0.05) is 19.4 Å². The normalized spacial score (nSPS) is 12.3. The van der Waals surface area contributed by atoms with Crippen LogP contribution in [0, 0.1) is 0 Å². The van der Waals surface area contributed by atoms with E-state index in [2.05, 4.69) is 45.1 Å². The Balaban J connectivity index is 4.03. The Labute approximate surface area is 362 Å². The molecule has 0 aromatic heterocycles. The fourth-order valence-corrected chi connectivity index (χ4v) is 7.60. The van der Waals surface area contributed by atoms with Gasteiger partial charge in [0.25, 0.3) is 0 Å². The zero-order chi connectivity index (χ0) is 42.1. The van der Waals surface area contributed by atoms with E-state index < -0.39 is 6.10 Å². The molecule has 1 atom stereocenters. The molecule has 0 radical (unpaired) electrons. The predicted molar refractivity (Wildman–Crippen MR) is 252 cm³/mol. The summed E-state index contributed by atoms with van der Waals surface area (Å²) in [6.45, 7) is 7.81. The van der Waals surface area contributed by atoms with Crippen molar-refractivity contribution in [3.8, 4) is 0 Å². The molecule has 0 bridgehead atoms. The van der Waals surface area contributed by atoms with E-state index in [9.17, 15) is 9.59 Å². The quantitative estimate of drug-likeness (QED) is 0.0348. The second-order valence-corrected chi connectivity index (χ2v) is 17.4. The lowest BCUT2D eigenvalue weighted by Gasteiger charge is -2.18. The number of hydrogen-bond acceptors (Lipinski definition) is 5. The van der Waals surface area contributed by atoms with Gasteiger partial charge < -0.3 is 14.2 Å². The fourth-order valence-electron chi connectivity index (χ4n) is 7.60. The third kappa shape index (κ3) is 47.1. The van der Waals surface area contributed by atoms with E-state index in [4.69, 9.17) is 14.2 Å². The summed E-state index contributed by atoms with van der Waals surface area (Å²) in [5.41, 5.74) is 0. The molecule has 0 rings (SSSR count). The van der Waals surface area contributed by atoms with Crippen molar-refractivity contribution in [2.75, 3.05) is 19.8 Å². The molecule has 0 aromatic carbocycles. The first-order chi connectivity index (χ1) is 28.6. The first kappa shape index (κ1) is 56.4. The number of ether oxygens (including phenoxy) is 3. The van der Waals surface area contributed by atoms with Crippen molar-refractivity contribution >= 4 is 11.9 Å². The van der Waals surface area contributed by atoms with Crippen LogP contribution in [0.15, 0.2) is 24.3 Å². The molecule has 5 nitrogen and oxygen atoms in total. The lowest BCUT2D eigenvalue weighted by Crippen LogP contribution is -2.30. The number of hydrogen-bond donors (Lipinski definition) is 0. The SMILES string of the molecule is CCCCC/C=C\C/C=C\CCCCCCCCCCCC(=O)OCC(COCCCCCCCC)OC(=O)CCCCCCCCCCCCCCCCCCC. The minimum Gasteiger partial charge on any atom is -0.462 e. The highest BCUT2D eigenvalue weighted by atomic mass is 16.6. The molecule has 0 aliphatic rings. The van der Waals surface area contributed by atoms with Crippen molar-refractivity contribution in [3.05, 3.63) is 24.3 Å². The number of rotatable bonds is 48. The van der Waals surface area contributed by atoms with Crippen LogP contribution in [0.3, 0.4) is 0 Å². The van der Waals surface area contributed by atoms with E-state index in [1.165, 1.54) is 199 Å². The minimum absolute atomic E-state index is 0.0894. The molecule has 0 saturated heterocycles. The molecule has 0 spiro atoms. The van der Waals surface area contributed by atoms with Crippen molar-refractivity contribution in [3.63, 3.8) is 0 Å². The van der Waals surface area contributed by atoms with Crippen LogP contribution in [0.2, 0.25) is 0 Å². The van der Waals surface area contributed by atoms with Gasteiger partial charge in [0.2, 0.25) is 0 Å². The first-order valence-electron chi connectivity index (χ1n) is 25.9. The maximum atomic E-state index is 12.7. The van der Waals surface area contributed by atoms with Gasteiger partial charge in [-0.3, -0.25) is 9.59 Å².